The molecule has 0 aromatic carbocycles. The van der Waals surface area contributed by atoms with Gasteiger partial charge in [-0.2, -0.15) is 0 Å². The van der Waals surface area contributed by atoms with Crippen LogP contribution in [0.3, 0.4) is 0 Å². The van der Waals surface area contributed by atoms with E-state index in [4.69, 9.17) is 11.5 Å². The molecule has 0 aromatic rings. The molecular weight excluding hydrogens is 180 g/mol. The maximum absolute atomic E-state index is 4.82. The molecular formula is C8H22N6. The first-order chi connectivity index (χ1) is 6.20. The van der Waals surface area contributed by atoms with E-state index in [1.165, 1.54) is 13.5 Å². The van der Waals surface area contributed by atoms with Gasteiger partial charge < -0.3 is 22.1 Å². The summed E-state index contributed by atoms with van der Waals surface area (Å²) in [6.07, 6.45) is 1.19. The highest BCUT2D eigenvalue weighted by Gasteiger charge is 1.99. The molecule has 1 fully saturated rings. The van der Waals surface area contributed by atoms with Crippen molar-refractivity contribution >= 4 is 11.9 Å². The van der Waals surface area contributed by atoms with Crippen LogP contribution in [0.1, 0.15) is 13.8 Å². The second kappa shape index (κ2) is 9.63. The van der Waals surface area contributed by atoms with Crippen LogP contribution in [-0.2, 0) is 0 Å². The van der Waals surface area contributed by atoms with Crippen molar-refractivity contribution in [2.45, 2.75) is 13.8 Å². The molecule has 0 amide bonds. The van der Waals surface area contributed by atoms with Crippen molar-refractivity contribution in [1.29, 1.82) is 0 Å². The monoisotopic (exact) mass is 202 g/mol. The number of hydrogen-bond donors (Lipinski definition) is 4. The Morgan fingerprint density at radius 3 is 1.86 bits per heavy atom. The Morgan fingerprint density at radius 2 is 1.64 bits per heavy atom. The lowest BCUT2D eigenvalue weighted by Gasteiger charge is -2.16. The Morgan fingerprint density at radius 1 is 1.21 bits per heavy atom. The molecule has 6 nitrogen and oxygen atoms in total. The Hall–Kier alpha value is -1.46. The molecule has 1 aliphatic rings. The van der Waals surface area contributed by atoms with Crippen LogP contribution in [0.4, 0.5) is 0 Å². The molecule has 14 heavy (non-hydrogen) atoms. The van der Waals surface area contributed by atoms with E-state index < -0.39 is 0 Å². The summed E-state index contributed by atoms with van der Waals surface area (Å²) >= 11 is 0. The summed E-state index contributed by atoms with van der Waals surface area (Å²) in [4.78, 5) is 7.30. The average molecular weight is 202 g/mol. The molecule has 0 aliphatic carbocycles. The van der Waals surface area contributed by atoms with Crippen LogP contribution < -0.4 is 22.1 Å². The number of hydrogen-bond acceptors (Lipinski definition) is 2. The highest BCUT2D eigenvalue weighted by atomic mass is 15.2. The first kappa shape index (κ1) is 15.0. The van der Waals surface area contributed by atoms with E-state index in [2.05, 4.69) is 20.6 Å². The SMILES string of the molecule is C.CN=C(N)N.CN=C1NCCCN1. The van der Waals surface area contributed by atoms with Crippen LogP contribution in [0.25, 0.3) is 0 Å². The molecule has 6 heteroatoms. The van der Waals surface area contributed by atoms with Crippen molar-refractivity contribution in [3.63, 3.8) is 0 Å². The third kappa shape index (κ3) is 8.63. The molecule has 84 valence electrons. The molecule has 6 N–H and O–H groups in total. The van der Waals surface area contributed by atoms with Crippen molar-refractivity contribution < 1.29 is 0 Å². The molecule has 0 radical (unpaired) electrons. The predicted molar refractivity (Wildman–Crippen MR) is 62.4 cm³/mol. The highest BCUT2D eigenvalue weighted by molar-refractivity contribution is 5.80. The van der Waals surface area contributed by atoms with Gasteiger partial charge in [-0.15, -0.1) is 0 Å². The van der Waals surface area contributed by atoms with Gasteiger partial charge >= 0.3 is 0 Å². The van der Waals surface area contributed by atoms with Gasteiger partial charge in [0.15, 0.2) is 11.9 Å². The largest absolute Gasteiger partial charge is 0.370 e. The summed E-state index contributed by atoms with van der Waals surface area (Å²) in [5, 5.41) is 6.22. The van der Waals surface area contributed by atoms with E-state index in [-0.39, 0.29) is 13.4 Å². The van der Waals surface area contributed by atoms with Crippen molar-refractivity contribution in [2.24, 2.45) is 21.5 Å². The molecule has 1 rings (SSSR count). The number of nitrogens with zero attached hydrogens (tertiary/aromatic N) is 2. The zero-order valence-electron chi connectivity index (χ0n) is 8.17. The summed E-state index contributed by atoms with van der Waals surface area (Å²) < 4.78 is 0. The molecule has 0 unspecified atom stereocenters. The lowest BCUT2D eigenvalue weighted by atomic mass is 10.4. The predicted octanol–water partition coefficient (Wildman–Crippen LogP) is -0.919. The van der Waals surface area contributed by atoms with Crippen LogP contribution in [-0.4, -0.2) is 39.1 Å². The fraction of sp³-hybridized carbons (Fsp3) is 0.750. The second-order valence-corrected chi connectivity index (χ2v) is 2.43. The number of rotatable bonds is 0. The van der Waals surface area contributed by atoms with Gasteiger partial charge in [0.25, 0.3) is 0 Å². The summed E-state index contributed by atoms with van der Waals surface area (Å²) in [6, 6.07) is 0. The molecule has 1 aliphatic heterocycles. The fourth-order valence-electron chi connectivity index (χ4n) is 0.723. The molecule has 0 atom stereocenters. The summed E-state index contributed by atoms with van der Waals surface area (Å²) in [7, 11) is 3.32. The van der Waals surface area contributed by atoms with E-state index in [1.54, 1.807) is 7.05 Å². The zero-order valence-corrected chi connectivity index (χ0v) is 8.17. The quantitative estimate of drug-likeness (QED) is 0.301. The minimum atomic E-state index is 0. The minimum Gasteiger partial charge on any atom is -0.370 e. The van der Waals surface area contributed by atoms with Gasteiger partial charge in [-0.05, 0) is 6.42 Å². The Labute approximate surface area is 85.9 Å². The van der Waals surface area contributed by atoms with Crippen molar-refractivity contribution in [1.82, 2.24) is 10.6 Å². The van der Waals surface area contributed by atoms with E-state index in [1.807, 2.05) is 0 Å². The van der Waals surface area contributed by atoms with Gasteiger partial charge in [-0.3, -0.25) is 9.98 Å². The van der Waals surface area contributed by atoms with Crippen LogP contribution >= 0.6 is 0 Å². The van der Waals surface area contributed by atoms with Crippen LogP contribution in [0.2, 0.25) is 0 Å². The van der Waals surface area contributed by atoms with Crippen LogP contribution in [0.15, 0.2) is 9.98 Å². The maximum Gasteiger partial charge on any atom is 0.190 e. The first-order valence-electron chi connectivity index (χ1n) is 4.13. The van der Waals surface area contributed by atoms with Crippen LogP contribution in [0, 0.1) is 0 Å². The van der Waals surface area contributed by atoms with E-state index in [0.29, 0.717) is 0 Å². The lowest BCUT2D eigenvalue weighted by molar-refractivity contribution is 0.667. The number of aliphatic imine (C=N–C) groups is 2. The summed E-state index contributed by atoms with van der Waals surface area (Å²) in [5.41, 5.74) is 9.64. The van der Waals surface area contributed by atoms with Gasteiger partial charge in [0.1, 0.15) is 0 Å². The highest BCUT2D eigenvalue weighted by Crippen LogP contribution is 1.80. The Balaban J connectivity index is 0. The second-order valence-electron chi connectivity index (χ2n) is 2.43. The normalized spacial score (nSPS) is 13.1. The average Bonchev–Trinajstić information content (AvgIpc) is 2.20. The lowest BCUT2D eigenvalue weighted by Crippen LogP contribution is -2.43. The van der Waals surface area contributed by atoms with Gasteiger partial charge in [-0.25, -0.2) is 0 Å². The third-order valence-corrected chi connectivity index (χ3v) is 1.42. The molecule has 1 heterocycles. The number of guanidine groups is 2. The van der Waals surface area contributed by atoms with Crippen LogP contribution in [0.5, 0.6) is 0 Å². The van der Waals surface area contributed by atoms with E-state index >= 15 is 0 Å². The van der Waals surface area contributed by atoms with Crippen molar-refractivity contribution in [3.8, 4) is 0 Å². The Bertz CT molecular complexity index is 174. The molecule has 0 aromatic heterocycles. The molecule has 0 saturated carbocycles. The number of nitrogens with two attached hydrogens (primary N) is 2. The molecule has 1 saturated heterocycles. The van der Waals surface area contributed by atoms with E-state index in [9.17, 15) is 0 Å². The zero-order chi connectivity index (χ0) is 10.1. The van der Waals surface area contributed by atoms with Crippen molar-refractivity contribution in [3.05, 3.63) is 0 Å². The van der Waals surface area contributed by atoms with Gasteiger partial charge in [-0.1, -0.05) is 7.43 Å². The third-order valence-electron chi connectivity index (χ3n) is 1.42. The van der Waals surface area contributed by atoms with Gasteiger partial charge in [0.2, 0.25) is 0 Å². The first-order valence-corrected chi connectivity index (χ1v) is 4.13. The standard InChI is InChI=1S/C5H11N3.C2H7N3.CH4/c1-6-5-7-3-2-4-8-5;1-5-2(3)4;/h2-4H2,1H3,(H2,6,7,8);1H3,(H4,3,4,5);1H4. The van der Waals surface area contributed by atoms with Crippen molar-refractivity contribution in [2.75, 3.05) is 27.2 Å². The number of nitrogens with one attached hydrogen (secondary N) is 2. The van der Waals surface area contributed by atoms with Gasteiger partial charge in [0, 0.05) is 27.2 Å². The smallest absolute Gasteiger partial charge is 0.190 e. The van der Waals surface area contributed by atoms with Gasteiger partial charge in [0.05, 0.1) is 0 Å². The van der Waals surface area contributed by atoms with E-state index in [0.717, 1.165) is 19.0 Å². The summed E-state index contributed by atoms with van der Waals surface area (Å²) in [6.45, 7) is 2.11. The fourth-order valence-corrected chi connectivity index (χ4v) is 0.723. The minimum absolute atomic E-state index is 0. The topological polar surface area (TPSA) is 101 Å². The molecule has 0 bridgehead atoms. The summed E-state index contributed by atoms with van der Waals surface area (Å²) in [5.74, 6) is 1.06. The maximum atomic E-state index is 4.82. The Kier molecular flexibility index (Phi) is 10.3. The molecule has 0 spiro atoms.